The molecule has 1 saturated carbocycles. The number of rotatable bonds is 3. The van der Waals surface area contributed by atoms with Gasteiger partial charge in [-0.15, -0.1) is 11.6 Å². The van der Waals surface area contributed by atoms with Gasteiger partial charge in [0.1, 0.15) is 0 Å². The van der Waals surface area contributed by atoms with Crippen LogP contribution in [0.3, 0.4) is 0 Å². The van der Waals surface area contributed by atoms with Crippen molar-refractivity contribution < 1.29 is 0 Å². The van der Waals surface area contributed by atoms with E-state index in [-0.39, 0.29) is 0 Å². The molecule has 1 aliphatic rings. The van der Waals surface area contributed by atoms with Crippen molar-refractivity contribution in [3.8, 4) is 0 Å². The van der Waals surface area contributed by atoms with Crippen molar-refractivity contribution in [2.75, 3.05) is 5.88 Å². The summed E-state index contributed by atoms with van der Waals surface area (Å²) in [5, 5.41) is 0. The summed E-state index contributed by atoms with van der Waals surface area (Å²) in [6.07, 6.45) is 7.85. The minimum Gasteiger partial charge on any atom is -0.126 e. The Kier molecular flexibility index (Phi) is 4.72. The Labute approximate surface area is 112 Å². The first-order valence-corrected chi connectivity index (χ1v) is 7.49. The molecule has 0 nitrogen and oxygen atoms in total. The van der Waals surface area contributed by atoms with Gasteiger partial charge in [-0.2, -0.15) is 0 Å². The van der Waals surface area contributed by atoms with Gasteiger partial charge in [0.25, 0.3) is 0 Å². The van der Waals surface area contributed by atoms with Crippen LogP contribution in [0.4, 0.5) is 0 Å². The molecule has 0 atom stereocenters. The fraction of sp³-hybridized carbons (Fsp3) is 0.571. The molecule has 1 aromatic rings. The number of halogens is 2. The highest BCUT2D eigenvalue weighted by atomic mass is 79.9. The quantitative estimate of drug-likeness (QED) is 0.666. The second kappa shape index (κ2) is 6.07. The summed E-state index contributed by atoms with van der Waals surface area (Å²) < 4.78 is 1.28. The van der Waals surface area contributed by atoms with E-state index in [2.05, 4.69) is 34.1 Å². The maximum absolute atomic E-state index is 5.88. The first-order chi connectivity index (χ1) is 7.83. The largest absolute Gasteiger partial charge is 0.126 e. The van der Waals surface area contributed by atoms with Gasteiger partial charge in [0.2, 0.25) is 0 Å². The summed E-state index contributed by atoms with van der Waals surface area (Å²) in [6, 6.07) is 6.52. The molecule has 1 fully saturated rings. The van der Waals surface area contributed by atoms with Gasteiger partial charge in [-0.25, -0.2) is 0 Å². The van der Waals surface area contributed by atoms with Gasteiger partial charge in [-0.1, -0.05) is 47.3 Å². The van der Waals surface area contributed by atoms with Gasteiger partial charge >= 0.3 is 0 Å². The predicted octanol–water partition coefficient (Wildman–Crippen LogP) is 5.28. The Hall–Kier alpha value is -0.0100. The molecule has 0 N–H and O–H groups in total. The number of aryl methyl sites for hydroxylation is 1. The Morgan fingerprint density at radius 1 is 1.19 bits per heavy atom. The Morgan fingerprint density at radius 3 is 2.62 bits per heavy atom. The van der Waals surface area contributed by atoms with Crippen LogP contribution >= 0.6 is 27.5 Å². The topological polar surface area (TPSA) is 0 Å². The van der Waals surface area contributed by atoms with Gasteiger partial charge in [-0.05, 0) is 42.4 Å². The minimum absolute atomic E-state index is 0.718. The monoisotopic (exact) mass is 300 g/mol. The maximum Gasteiger partial charge on any atom is 0.0264 e. The van der Waals surface area contributed by atoms with E-state index < -0.39 is 0 Å². The van der Waals surface area contributed by atoms with Crippen molar-refractivity contribution in [2.24, 2.45) is 0 Å². The minimum atomic E-state index is 0.718. The van der Waals surface area contributed by atoms with Crippen LogP contribution in [0.5, 0.6) is 0 Å². The van der Waals surface area contributed by atoms with Gasteiger partial charge < -0.3 is 0 Å². The average molecular weight is 302 g/mol. The molecule has 2 heteroatoms. The molecule has 0 bridgehead atoms. The van der Waals surface area contributed by atoms with Gasteiger partial charge in [0.15, 0.2) is 0 Å². The first kappa shape index (κ1) is 12.4. The Bertz CT molecular complexity index is 343. The lowest BCUT2D eigenvalue weighted by Gasteiger charge is -2.25. The lowest BCUT2D eigenvalue weighted by atomic mass is 9.81. The fourth-order valence-electron chi connectivity index (χ4n) is 2.75. The molecule has 1 aliphatic carbocycles. The van der Waals surface area contributed by atoms with Crippen molar-refractivity contribution in [3.05, 3.63) is 33.8 Å². The molecule has 2 rings (SSSR count). The molecule has 0 radical (unpaired) electrons. The van der Waals surface area contributed by atoms with Gasteiger partial charge in [0, 0.05) is 10.4 Å². The smallest absolute Gasteiger partial charge is 0.0264 e. The van der Waals surface area contributed by atoms with Crippen LogP contribution < -0.4 is 0 Å². The SMILES string of the molecule is ClCCc1cccc(Br)c1C1CCCCC1. The average Bonchev–Trinajstić information content (AvgIpc) is 2.31. The van der Waals surface area contributed by atoms with Crippen LogP contribution in [0.25, 0.3) is 0 Å². The molecule has 16 heavy (non-hydrogen) atoms. The molecular formula is C14H18BrCl. The van der Waals surface area contributed by atoms with E-state index in [1.54, 1.807) is 0 Å². The summed E-state index contributed by atoms with van der Waals surface area (Å²) >= 11 is 9.59. The van der Waals surface area contributed by atoms with E-state index in [9.17, 15) is 0 Å². The van der Waals surface area contributed by atoms with E-state index in [0.717, 1.165) is 18.2 Å². The molecule has 0 heterocycles. The van der Waals surface area contributed by atoms with Crippen LogP contribution in [0.2, 0.25) is 0 Å². The van der Waals surface area contributed by atoms with Crippen molar-refractivity contribution in [3.63, 3.8) is 0 Å². The lowest BCUT2D eigenvalue weighted by Crippen LogP contribution is -2.08. The zero-order valence-corrected chi connectivity index (χ0v) is 11.9. The second-order valence-electron chi connectivity index (χ2n) is 4.59. The number of benzene rings is 1. The third-order valence-electron chi connectivity index (χ3n) is 3.52. The lowest BCUT2D eigenvalue weighted by molar-refractivity contribution is 0.440. The standard InChI is InChI=1S/C14H18BrCl/c15-13-8-4-7-12(9-10-16)14(13)11-5-2-1-3-6-11/h4,7-8,11H,1-3,5-6,9-10H2. The summed E-state index contributed by atoms with van der Waals surface area (Å²) in [6.45, 7) is 0. The first-order valence-electron chi connectivity index (χ1n) is 6.16. The Morgan fingerprint density at radius 2 is 1.94 bits per heavy atom. The number of hydrogen-bond donors (Lipinski definition) is 0. The van der Waals surface area contributed by atoms with Crippen LogP contribution in [0.15, 0.2) is 22.7 Å². The van der Waals surface area contributed by atoms with E-state index in [1.807, 2.05) is 0 Å². The third-order valence-corrected chi connectivity index (χ3v) is 4.40. The number of hydrogen-bond acceptors (Lipinski definition) is 0. The Balaban J connectivity index is 2.28. The van der Waals surface area contributed by atoms with Crippen molar-refractivity contribution in [1.29, 1.82) is 0 Å². The van der Waals surface area contributed by atoms with Crippen molar-refractivity contribution in [2.45, 2.75) is 44.4 Å². The van der Waals surface area contributed by atoms with E-state index >= 15 is 0 Å². The molecular weight excluding hydrogens is 284 g/mol. The second-order valence-corrected chi connectivity index (χ2v) is 5.82. The molecule has 0 aromatic heterocycles. The van der Waals surface area contributed by atoms with Gasteiger partial charge in [-0.3, -0.25) is 0 Å². The zero-order valence-electron chi connectivity index (χ0n) is 9.52. The van der Waals surface area contributed by atoms with Crippen LogP contribution in [-0.4, -0.2) is 5.88 Å². The zero-order chi connectivity index (χ0) is 11.4. The van der Waals surface area contributed by atoms with Crippen molar-refractivity contribution in [1.82, 2.24) is 0 Å². The summed E-state index contributed by atoms with van der Waals surface area (Å²) in [5.74, 6) is 1.47. The highest BCUT2D eigenvalue weighted by Gasteiger charge is 2.20. The fourth-order valence-corrected chi connectivity index (χ4v) is 3.68. The van der Waals surface area contributed by atoms with E-state index in [4.69, 9.17) is 11.6 Å². The highest BCUT2D eigenvalue weighted by Crippen LogP contribution is 2.38. The molecule has 0 unspecified atom stereocenters. The molecule has 0 saturated heterocycles. The predicted molar refractivity (Wildman–Crippen MR) is 74.4 cm³/mol. The molecule has 0 aliphatic heterocycles. The summed E-state index contributed by atoms with van der Waals surface area (Å²) in [4.78, 5) is 0. The molecule has 1 aromatic carbocycles. The maximum atomic E-state index is 5.88. The van der Waals surface area contributed by atoms with Crippen LogP contribution in [0.1, 0.15) is 49.1 Å². The summed E-state index contributed by atoms with van der Waals surface area (Å²) in [7, 11) is 0. The van der Waals surface area contributed by atoms with Crippen LogP contribution in [0, 0.1) is 0 Å². The molecule has 88 valence electrons. The van der Waals surface area contributed by atoms with Gasteiger partial charge in [0.05, 0.1) is 0 Å². The van der Waals surface area contributed by atoms with E-state index in [1.165, 1.54) is 47.7 Å². The summed E-state index contributed by atoms with van der Waals surface area (Å²) in [5.41, 5.74) is 2.97. The molecule has 0 amide bonds. The van der Waals surface area contributed by atoms with Crippen molar-refractivity contribution >= 4 is 27.5 Å². The number of alkyl halides is 1. The highest BCUT2D eigenvalue weighted by molar-refractivity contribution is 9.10. The molecule has 0 spiro atoms. The van der Waals surface area contributed by atoms with Crippen LogP contribution in [-0.2, 0) is 6.42 Å². The third kappa shape index (κ3) is 2.81. The van der Waals surface area contributed by atoms with E-state index in [0.29, 0.717) is 0 Å². The normalized spacial score (nSPS) is 17.6.